The molecule has 0 fully saturated rings. The first-order valence-corrected chi connectivity index (χ1v) is 22.4. The summed E-state index contributed by atoms with van der Waals surface area (Å²) in [5.41, 5.74) is 6.63. The van der Waals surface area contributed by atoms with Crippen molar-refractivity contribution < 1.29 is 0 Å². The summed E-state index contributed by atoms with van der Waals surface area (Å²) >= 11 is -1.78. The molecule has 0 aliphatic carbocycles. The van der Waals surface area contributed by atoms with Gasteiger partial charge in [0.15, 0.2) is 0 Å². The van der Waals surface area contributed by atoms with Crippen LogP contribution in [0.25, 0.3) is 70.4 Å². The molecule has 5 heteroatoms. The molecular weight excluding hydrogens is 699 g/mol. The Morgan fingerprint density at radius 1 is 0.451 bits per heavy atom. The van der Waals surface area contributed by atoms with Crippen molar-refractivity contribution in [1.82, 2.24) is 14.5 Å². The van der Waals surface area contributed by atoms with E-state index in [2.05, 4.69) is 180 Å². The molecule has 238 valence electrons. The van der Waals surface area contributed by atoms with Crippen LogP contribution in [0.3, 0.4) is 0 Å². The summed E-state index contributed by atoms with van der Waals surface area (Å²) in [6.07, 6.45) is 0. The van der Waals surface area contributed by atoms with Gasteiger partial charge in [-0.15, -0.1) is 0 Å². The van der Waals surface area contributed by atoms with Crippen LogP contribution in [0, 0.1) is 0 Å². The second kappa shape index (κ2) is 11.1. The Labute approximate surface area is 301 Å². The second-order valence-electron chi connectivity index (χ2n) is 13.3. The minimum atomic E-state index is -3.64. The summed E-state index contributed by atoms with van der Waals surface area (Å²) in [6, 6.07) is 64.2. The molecule has 11 rings (SSSR count). The SMILES string of the molecule is c1ccc(-c2nc(-n3c4ccccc4c4c5c(ccc43)sc3ccccc35)nc3[c]2[Ge]([c]2ccccc2)([c]2ccccc2)[c]2ccccc2-3)cc1. The van der Waals surface area contributed by atoms with E-state index in [1.165, 1.54) is 54.1 Å². The van der Waals surface area contributed by atoms with E-state index in [0.717, 1.165) is 28.0 Å². The molecule has 0 spiro atoms. The third-order valence-corrected chi connectivity index (χ3v) is 22.0. The molecule has 0 N–H and O–H groups in total. The van der Waals surface area contributed by atoms with E-state index in [1.807, 2.05) is 11.3 Å². The van der Waals surface area contributed by atoms with Crippen molar-refractivity contribution in [2.75, 3.05) is 0 Å². The molecule has 0 saturated carbocycles. The second-order valence-corrected chi connectivity index (χ2v) is 22.1. The van der Waals surface area contributed by atoms with Crippen LogP contribution in [-0.4, -0.2) is 27.8 Å². The molecule has 0 radical (unpaired) electrons. The maximum atomic E-state index is 5.72. The van der Waals surface area contributed by atoms with Crippen molar-refractivity contribution in [1.29, 1.82) is 0 Å². The summed E-state index contributed by atoms with van der Waals surface area (Å²) in [5.74, 6) is 0.701. The van der Waals surface area contributed by atoms with E-state index in [1.54, 1.807) is 0 Å². The fourth-order valence-corrected chi connectivity index (χ4v) is 20.8. The van der Waals surface area contributed by atoms with Crippen LogP contribution >= 0.6 is 11.3 Å². The summed E-state index contributed by atoms with van der Waals surface area (Å²) in [5, 5.41) is 5.07. The quantitative estimate of drug-likeness (QED) is 0.170. The van der Waals surface area contributed by atoms with Gasteiger partial charge in [0.05, 0.1) is 0 Å². The molecule has 0 unspecified atom stereocenters. The summed E-state index contributed by atoms with van der Waals surface area (Å²) < 4.78 is 10.4. The summed E-state index contributed by atoms with van der Waals surface area (Å²) in [7, 11) is 0. The molecule has 0 bridgehead atoms. The molecule has 4 heterocycles. The van der Waals surface area contributed by atoms with Crippen molar-refractivity contribution in [2.24, 2.45) is 0 Å². The Morgan fingerprint density at radius 2 is 1.06 bits per heavy atom. The molecule has 1 aliphatic heterocycles. The molecule has 3 aromatic heterocycles. The zero-order valence-electron chi connectivity index (χ0n) is 27.5. The fraction of sp³-hybridized carbons (Fsp3) is 0. The standard InChI is InChI=1S/C46H29GeN3S/c1-4-16-30(17-5-1)44-43-45(33-22-10-13-25-36(33)47(43,31-18-6-2-7-19-31)32-20-8-3-9-21-32)49-46(48-44)50-37-26-14-11-23-34(37)41-38(50)28-29-40-42(41)35-24-12-15-27-39(35)51-40/h1-29H. The van der Waals surface area contributed by atoms with Crippen molar-refractivity contribution >= 4 is 84.2 Å². The fourth-order valence-electron chi connectivity index (χ4n) is 8.69. The van der Waals surface area contributed by atoms with Gasteiger partial charge in [0, 0.05) is 0 Å². The van der Waals surface area contributed by atoms with Crippen LogP contribution in [0.1, 0.15) is 0 Å². The molecule has 1 aliphatic rings. The van der Waals surface area contributed by atoms with Gasteiger partial charge in [0.1, 0.15) is 0 Å². The van der Waals surface area contributed by atoms with Gasteiger partial charge in [-0.25, -0.2) is 0 Å². The number of fused-ring (bicyclic) bond motifs is 10. The van der Waals surface area contributed by atoms with E-state index in [0.29, 0.717) is 5.95 Å². The Kier molecular flexibility index (Phi) is 6.30. The first-order valence-electron chi connectivity index (χ1n) is 17.3. The van der Waals surface area contributed by atoms with Crippen LogP contribution < -0.4 is 17.6 Å². The molecule has 3 nitrogen and oxygen atoms in total. The number of thiophene rings is 1. The molecule has 51 heavy (non-hydrogen) atoms. The van der Waals surface area contributed by atoms with Crippen LogP contribution in [-0.2, 0) is 0 Å². The topological polar surface area (TPSA) is 30.7 Å². The minimum absolute atomic E-state index is 0.701. The van der Waals surface area contributed by atoms with Crippen LogP contribution in [0.5, 0.6) is 0 Å². The summed E-state index contributed by atoms with van der Waals surface area (Å²) in [4.78, 5) is 11.4. The van der Waals surface area contributed by atoms with Crippen molar-refractivity contribution in [3.63, 3.8) is 0 Å². The zero-order chi connectivity index (χ0) is 33.5. The van der Waals surface area contributed by atoms with E-state index in [9.17, 15) is 0 Å². The molecule has 7 aromatic carbocycles. The van der Waals surface area contributed by atoms with Gasteiger partial charge in [0.25, 0.3) is 0 Å². The van der Waals surface area contributed by atoms with Gasteiger partial charge < -0.3 is 0 Å². The molecule has 10 aromatic rings. The third-order valence-electron chi connectivity index (χ3n) is 10.7. The predicted molar refractivity (Wildman–Crippen MR) is 217 cm³/mol. The zero-order valence-corrected chi connectivity index (χ0v) is 30.4. The van der Waals surface area contributed by atoms with Gasteiger partial charge in [-0.05, 0) is 0 Å². The number of para-hydroxylation sites is 1. The average Bonchev–Trinajstić information content (AvgIpc) is 3.85. The monoisotopic (exact) mass is 729 g/mol. The number of aromatic nitrogens is 3. The maximum absolute atomic E-state index is 5.72. The number of benzene rings is 7. The Balaban J connectivity index is 1.32. The van der Waals surface area contributed by atoms with Crippen molar-refractivity contribution in [3.05, 3.63) is 176 Å². The van der Waals surface area contributed by atoms with E-state index < -0.39 is 13.3 Å². The normalized spacial score (nSPS) is 13.3. The van der Waals surface area contributed by atoms with Gasteiger partial charge in [-0.2, -0.15) is 0 Å². The first-order chi connectivity index (χ1) is 25.3. The Hall–Kier alpha value is -5.82. The van der Waals surface area contributed by atoms with Gasteiger partial charge >= 0.3 is 303 Å². The Bertz CT molecular complexity index is 2930. The predicted octanol–water partition coefficient (Wildman–Crippen LogP) is 8.97. The molecule has 0 amide bonds. The molecule has 0 atom stereocenters. The van der Waals surface area contributed by atoms with E-state index in [-0.39, 0.29) is 0 Å². The van der Waals surface area contributed by atoms with Crippen LogP contribution in [0.2, 0.25) is 0 Å². The van der Waals surface area contributed by atoms with Gasteiger partial charge in [-0.3, -0.25) is 0 Å². The van der Waals surface area contributed by atoms with Crippen LogP contribution in [0.4, 0.5) is 0 Å². The number of hydrogen-bond acceptors (Lipinski definition) is 3. The van der Waals surface area contributed by atoms with Crippen molar-refractivity contribution in [2.45, 2.75) is 0 Å². The number of hydrogen-bond donors (Lipinski definition) is 0. The average molecular weight is 728 g/mol. The van der Waals surface area contributed by atoms with E-state index in [4.69, 9.17) is 9.97 Å². The molecule has 0 saturated heterocycles. The van der Waals surface area contributed by atoms with Crippen LogP contribution in [0.15, 0.2) is 176 Å². The van der Waals surface area contributed by atoms with E-state index >= 15 is 0 Å². The Morgan fingerprint density at radius 3 is 1.82 bits per heavy atom. The van der Waals surface area contributed by atoms with Gasteiger partial charge in [0.2, 0.25) is 0 Å². The first kappa shape index (κ1) is 29.0. The number of nitrogens with zero attached hydrogens (tertiary/aromatic N) is 3. The van der Waals surface area contributed by atoms with Crippen molar-refractivity contribution in [3.8, 4) is 28.5 Å². The third kappa shape index (κ3) is 4.00. The molecular formula is C46H29GeN3S. The number of rotatable bonds is 4. The summed E-state index contributed by atoms with van der Waals surface area (Å²) in [6.45, 7) is 0. The van der Waals surface area contributed by atoms with Gasteiger partial charge in [-0.1, -0.05) is 0 Å².